The average molecular weight is 274 g/mol. The minimum Gasteiger partial charge on any atom is -0.380 e. The Labute approximate surface area is 119 Å². The molecule has 108 valence electrons. The van der Waals surface area contributed by atoms with E-state index in [1.807, 2.05) is 24.3 Å². The van der Waals surface area contributed by atoms with Gasteiger partial charge in [0.15, 0.2) is 0 Å². The maximum atomic E-state index is 12.5. The monoisotopic (exact) mass is 274 g/mol. The maximum Gasteiger partial charge on any atom is 0.229 e. The van der Waals surface area contributed by atoms with Gasteiger partial charge in [-0.05, 0) is 37.2 Å². The highest BCUT2D eigenvalue weighted by atomic mass is 16.5. The van der Waals surface area contributed by atoms with Gasteiger partial charge in [0.2, 0.25) is 5.91 Å². The Morgan fingerprint density at radius 3 is 2.80 bits per heavy atom. The lowest BCUT2D eigenvalue weighted by molar-refractivity contribution is -0.121. The molecule has 0 radical (unpaired) electrons. The van der Waals surface area contributed by atoms with Crippen LogP contribution >= 0.6 is 0 Å². The standard InChI is InChI=1S/C16H22N2O2/c1-20-9-12-4-2-3-5-13(12)18-16(19)14-10-6-7-11(8-10)15(14)17/h2-5,10-11,14-15H,6-9,17H2,1H3,(H,18,19). The van der Waals surface area contributed by atoms with Gasteiger partial charge in [-0.25, -0.2) is 0 Å². The maximum absolute atomic E-state index is 12.5. The molecular weight excluding hydrogens is 252 g/mol. The molecule has 2 saturated carbocycles. The lowest BCUT2D eigenvalue weighted by atomic mass is 9.84. The third-order valence-corrected chi connectivity index (χ3v) is 4.86. The molecule has 1 aromatic rings. The summed E-state index contributed by atoms with van der Waals surface area (Å²) in [7, 11) is 1.66. The Bertz CT molecular complexity index is 501. The van der Waals surface area contributed by atoms with E-state index in [0.29, 0.717) is 18.4 Å². The van der Waals surface area contributed by atoms with Crippen molar-refractivity contribution in [2.24, 2.45) is 23.5 Å². The quantitative estimate of drug-likeness (QED) is 0.884. The van der Waals surface area contributed by atoms with Crippen LogP contribution < -0.4 is 11.1 Å². The van der Waals surface area contributed by atoms with Crippen LogP contribution in [-0.4, -0.2) is 19.1 Å². The molecule has 0 saturated heterocycles. The number of ether oxygens (including phenoxy) is 1. The first-order valence-corrected chi connectivity index (χ1v) is 7.34. The molecule has 4 nitrogen and oxygen atoms in total. The average Bonchev–Trinajstić information content (AvgIpc) is 3.02. The van der Waals surface area contributed by atoms with Crippen molar-refractivity contribution in [1.29, 1.82) is 0 Å². The van der Waals surface area contributed by atoms with E-state index in [9.17, 15) is 4.79 Å². The molecule has 3 rings (SSSR count). The Kier molecular flexibility index (Phi) is 3.76. The van der Waals surface area contributed by atoms with E-state index in [1.165, 1.54) is 6.42 Å². The van der Waals surface area contributed by atoms with Crippen molar-refractivity contribution in [3.05, 3.63) is 29.8 Å². The zero-order valence-corrected chi connectivity index (χ0v) is 11.8. The van der Waals surface area contributed by atoms with Crippen LogP contribution in [0, 0.1) is 17.8 Å². The summed E-state index contributed by atoms with van der Waals surface area (Å²) in [6.07, 6.45) is 3.46. The van der Waals surface area contributed by atoms with E-state index in [1.54, 1.807) is 7.11 Å². The van der Waals surface area contributed by atoms with Crippen molar-refractivity contribution in [2.45, 2.75) is 31.9 Å². The van der Waals surface area contributed by atoms with E-state index in [0.717, 1.165) is 24.1 Å². The highest BCUT2D eigenvalue weighted by molar-refractivity contribution is 5.94. The summed E-state index contributed by atoms with van der Waals surface area (Å²) in [6.45, 7) is 0.499. The molecular formula is C16H22N2O2. The van der Waals surface area contributed by atoms with Crippen molar-refractivity contribution < 1.29 is 9.53 Å². The van der Waals surface area contributed by atoms with Gasteiger partial charge in [-0.3, -0.25) is 4.79 Å². The van der Waals surface area contributed by atoms with Gasteiger partial charge in [-0.1, -0.05) is 18.2 Å². The van der Waals surface area contributed by atoms with E-state index >= 15 is 0 Å². The predicted molar refractivity (Wildman–Crippen MR) is 78.1 cm³/mol. The fraction of sp³-hybridized carbons (Fsp3) is 0.562. The van der Waals surface area contributed by atoms with Crippen LogP contribution in [0.2, 0.25) is 0 Å². The molecule has 4 atom stereocenters. The number of nitrogens with two attached hydrogens (primary N) is 1. The van der Waals surface area contributed by atoms with Gasteiger partial charge in [-0.2, -0.15) is 0 Å². The fourth-order valence-electron chi connectivity index (χ4n) is 3.86. The van der Waals surface area contributed by atoms with Crippen molar-refractivity contribution in [3.8, 4) is 0 Å². The van der Waals surface area contributed by atoms with Gasteiger partial charge >= 0.3 is 0 Å². The van der Waals surface area contributed by atoms with Crippen molar-refractivity contribution in [3.63, 3.8) is 0 Å². The van der Waals surface area contributed by atoms with E-state index in [2.05, 4.69) is 5.32 Å². The molecule has 2 aliphatic carbocycles. The van der Waals surface area contributed by atoms with Crippen molar-refractivity contribution >= 4 is 11.6 Å². The van der Waals surface area contributed by atoms with Crippen molar-refractivity contribution in [1.82, 2.24) is 0 Å². The van der Waals surface area contributed by atoms with Crippen LogP contribution in [0.1, 0.15) is 24.8 Å². The number of amides is 1. The number of carbonyl (C=O) groups excluding carboxylic acids is 1. The molecule has 0 spiro atoms. The molecule has 4 heteroatoms. The zero-order chi connectivity index (χ0) is 14.1. The number of anilines is 1. The molecule has 2 aliphatic rings. The minimum absolute atomic E-state index is 0.0237. The number of fused-ring (bicyclic) bond motifs is 2. The molecule has 2 fully saturated rings. The molecule has 1 aromatic carbocycles. The summed E-state index contributed by atoms with van der Waals surface area (Å²) in [5.74, 6) is 1.08. The molecule has 4 unspecified atom stereocenters. The molecule has 3 N–H and O–H groups in total. The number of hydrogen-bond donors (Lipinski definition) is 2. The number of hydrogen-bond acceptors (Lipinski definition) is 3. The zero-order valence-electron chi connectivity index (χ0n) is 11.8. The molecule has 0 aromatic heterocycles. The second-order valence-corrected chi connectivity index (χ2v) is 6.02. The first kappa shape index (κ1) is 13.6. The smallest absolute Gasteiger partial charge is 0.229 e. The summed E-state index contributed by atoms with van der Waals surface area (Å²) < 4.78 is 5.17. The van der Waals surface area contributed by atoms with Gasteiger partial charge in [0.05, 0.1) is 12.5 Å². The highest BCUT2D eigenvalue weighted by Crippen LogP contribution is 2.47. The van der Waals surface area contributed by atoms with Gasteiger partial charge in [0, 0.05) is 24.4 Å². The molecule has 0 aliphatic heterocycles. The van der Waals surface area contributed by atoms with E-state index in [-0.39, 0.29) is 17.9 Å². The Hall–Kier alpha value is -1.39. The summed E-state index contributed by atoms with van der Waals surface area (Å²) in [6, 6.07) is 7.80. The third kappa shape index (κ3) is 2.34. The second kappa shape index (κ2) is 5.54. The van der Waals surface area contributed by atoms with Crippen LogP contribution in [0.4, 0.5) is 5.69 Å². The highest BCUT2D eigenvalue weighted by Gasteiger charge is 2.49. The SMILES string of the molecule is COCc1ccccc1NC(=O)C1C2CCC(C2)C1N. The Morgan fingerprint density at radius 2 is 2.10 bits per heavy atom. The van der Waals surface area contributed by atoms with E-state index < -0.39 is 0 Å². The largest absolute Gasteiger partial charge is 0.380 e. The number of para-hydroxylation sites is 1. The predicted octanol–water partition coefficient (Wildman–Crippen LogP) is 2.14. The molecule has 0 heterocycles. The molecule has 2 bridgehead atoms. The summed E-state index contributed by atoms with van der Waals surface area (Å²) >= 11 is 0. The lowest BCUT2D eigenvalue weighted by Gasteiger charge is -2.27. The minimum atomic E-state index is -0.0237. The first-order chi connectivity index (χ1) is 9.70. The summed E-state index contributed by atoms with van der Waals surface area (Å²) in [5.41, 5.74) is 8.07. The normalized spacial score (nSPS) is 31.5. The number of nitrogens with one attached hydrogen (secondary N) is 1. The van der Waals surface area contributed by atoms with Crippen LogP contribution in [0.15, 0.2) is 24.3 Å². The molecule has 1 amide bonds. The van der Waals surface area contributed by atoms with Crippen LogP contribution in [-0.2, 0) is 16.1 Å². The fourth-order valence-corrected chi connectivity index (χ4v) is 3.86. The number of benzene rings is 1. The number of methoxy groups -OCH3 is 1. The number of rotatable bonds is 4. The van der Waals surface area contributed by atoms with Gasteiger partial charge < -0.3 is 15.8 Å². The van der Waals surface area contributed by atoms with Gasteiger partial charge in [-0.15, -0.1) is 0 Å². The summed E-state index contributed by atoms with van der Waals surface area (Å²) in [4.78, 5) is 12.5. The third-order valence-electron chi connectivity index (χ3n) is 4.86. The summed E-state index contributed by atoms with van der Waals surface area (Å²) in [5, 5.41) is 3.05. The topological polar surface area (TPSA) is 64.3 Å². The molecule has 20 heavy (non-hydrogen) atoms. The van der Waals surface area contributed by atoms with E-state index in [4.69, 9.17) is 10.5 Å². The second-order valence-electron chi connectivity index (χ2n) is 6.02. The Morgan fingerprint density at radius 1 is 1.35 bits per heavy atom. The Balaban J connectivity index is 1.73. The van der Waals surface area contributed by atoms with Gasteiger partial charge in [0.25, 0.3) is 0 Å². The van der Waals surface area contributed by atoms with Gasteiger partial charge in [0.1, 0.15) is 0 Å². The van der Waals surface area contributed by atoms with Crippen LogP contribution in [0.3, 0.4) is 0 Å². The van der Waals surface area contributed by atoms with Crippen LogP contribution in [0.25, 0.3) is 0 Å². The lowest BCUT2D eigenvalue weighted by Crippen LogP contribution is -2.42. The van der Waals surface area contributed by atoms with Crippen molar-refractivity contribution in [2.75, 3.05) is 12.4 Å². The van der Waals surface area contributed by atoms with Crippen LogP contribution in [0.5, 0.6) is 0 Å². The number of carbonyl (C=O) groups is 1. The first-order valence-electron chi connectivity index (χ1n) is 7.34.